The van der Waals surface area contributed by atoms with E-state index in [9.17, 15) is 0 Å². The topological polar surface area (TPSA) is 0 Å². The van der Waals surface area contributed by atoms with Crippen LogP contribution in [0.3, 0.4) is 0 Å². The molecule has 0 heterocycles. The lowest BCUT2D eigenvalue weighted by atomic mass is 9.71. The zero-order valence-corrected chi connectivity index (χ0v) is 16.8. The van der Waals surface area contributed by atoms with Crippen molar-refractivity contribution in [2.45, 2.75) is 94.9 Å². The van der Waals surface area contributed by atoms with Crippen molar-refractivity contribution in [2.24, 2.45) is 40.9 Å². The van der Waals surface area contributed by atoms with Gasteiger partial charge in [0.15, 0.2) is 0 Å². The fourth-order valence-corrected chi connectivity index (χ4v) is 3.93. The van der Waals surface area contributed by atoms with E-state index in [2.05, 4.69) is 69.2 Å². The van der Waals surface area contributed by atoms with Gasteiger partial charge in [-0.15, -0.1) is 0 Å². The zero-order chi connectivity index (χ0) is 16.8. The third-order valence-corrected chi connectivity index (χ3v) is 5.85. The maximum atomic E-state index is 2.49. The molecule has 4 unspecified atom stereocenters. The molecule has 0 amide bonds. The second-order valence-corrected chi connectivity index (χ2v) is 9.58. The monoisotopic (exact) mass is 296 g/mol. The van der Waals surface area contributed by atoms with E-state index in [4.69, 9.17) is 0 Å². The highest BCUT2D eigenvalue weighted by Crippen LogP contribution is 2.38. The van der Waals surface area contributed by atoms with Gasteiger partial charge in [0.2, 0.25) is 0 Å². The molecule has 0 N–H and O–H groups in total. The van der Waals surface area contributed by atoms with Gasteiger partial charge in [-0.2, -0.15) is 0 Å². The van der Waals surface area contributed by atoms with E-state index < -0.39 is 0 Å². The molecule has 0 rings (SSSR count). The molecule has 0 aliphatic rings. The Bertz CT molecular complexity index is 261. The van der Waals surface area contributed by atoms with Gasteiger partial charge in [0, 0.05) is 0 Å². The summed E-state index contributed by atoms with van der Waals surface area (Å²) >= 11 is 0. The minimum Gasteiger partial charge on any atom is -0.0628 e. The first-order valence-electron chi connectivity index (χ1n) is 9.46. The van der Waals surface area contributed by atoms with Crippen LogP contribution in [-0.2, 0) is 0 Å². The van der Waals surface area contributed by atoms with Crippen molar-refractivity contribution in [1.82, 2.24) is 0 Å². The molecule has 0 nitrogen and oxygen atoms in total. The first-order valence-corrected chi connectivity index (χ1v) is 9.46. The fourth-order valence-electron chi connectivity index (χ4n) is 3.93. The van der Waals surface area contributed by atoms with E-state index in [1.54, 1.807) is 0 Å². The number of hydrogen-bond donors (Lipinski definition) is 0. The van der Waals surface area contributed by atoms with Crippen LogP contribution >= 0.6 is 0 Å². The van der Waals surface area contributed by atoms with Crippen LogP contribution in [0.2, 0.25) is 0 Å². The molecule has 128 valence electrons. The lowest BCUT2D eigenvalue weighted by Gasteiger charge is -2.35. The maximum Gasteiger partial charge on any atom is -0.0349 e. The molecule has 0 aliphatic carbocycles. The molecule has 4 atom stereocenters. The van der Waals surface area contributed by atoms with E-state index in [0.717, 1.165) is 35.5 Å². The molecule has 0 spiro atoms. The minimum atomic E-state index is 0.493. The van der Waals surface area contributed by atoms with Crippen LogP contribution in [0, 0.1) is 40.9 Å². The van der Waals surface area contributed by atoms with Gasteiger partial charge in [-0.05, 0) is 53.8 Å². The lowest BCUT2D eigenvalue weighted by Crippen LogP contribution is -2.25. The summed E-state index contributed by atoms with van der Waals surface area (Å²) in [7, 11) is 0. The normalized spacial score (nSPS) is 18.9. The summed E-state index contributed by atoms with van der Waals surface area (Å²) in [5.74, 6) is 5.05. The van der Waals surface area contributed by atoms with E-state index in [-0.39, 0.29) is 0 Å². The van der Waals surface area contributed by atoms with Crippen LogP contribution in [0.15, 0.2) is 0 Å². The molecule has 0 heteroatoms. The standard InChI is InChI=1S/C21H44/c1-15(2)13-21(9,10)14-19(7)20(8)18(6)12-11-17(5)16(3)4/h15-20H,11-14H2,1-10H3. The predicted molar refractivity (Wildman–Crippen MR) is 98.6 cm³/mol. The summed E-state index contributed by atoms with van der Waals surface area (Å²) in [5.41, 5.74) is 0.493. The molecule has 0 aromatic rings. The van der Waals surface area contributed by atoms with Crippen molar-refractivity contribution < 1.29 is 0 Å². The Labute approximate surface area is 136 Å². The van der Waals surface area contributed by atoms with Crippen LogP contribution in [0.5, 0.6) is 0 Å². The average molecular weight is 297 g/mol. The van der Waals surface area contributed by atoms with E-state index in [1.165, 1.54) is 25.7 Å². The second kappa shape index (κ2) is 9.21. The Morgan fingerprint density at radius 3 is 1.52 bits per heavy atom. The van der Waals surface area contributed by atoms with Gasteiger partial charge in [0.25, 0.3) is 0 Å². The first kappa shape index (κ1) is 21.0. The van der Waals surface area contributed by atoms with Crippen LogP contribution in [0.1, 0.15) is 94.9 Å². The molecular weight excluding hydrogens is 252 g/mol. The number of hydrogen-bond acceptors (Lipinski definition) is 0. The molecule has 0 radical (unpaired) electrons. The zero-order valence-electron chi connectivity index (χ0n) is 16.8. The van der Waals surface area contributed by atoms with Crippen LogP contribution in [0.25, 0.3) is 0 Å². The molecule has 0 saturated carbocycles. The van der Waals surface area contributed by atoms with Crippen molar-refractivity contribution in [2.75, 3.05) is 0 Å². The minimum absolute atomic E-state index is 0.493. The van der Waals surface area contributed by atoms with Gasteiger partial charge in [0.05, 0.1) is 0 Å². The fraction of sp³-hybridized carbons (Fsp3) is 1.00. The van der Waals surface area contributed by atoms with E-state index >= 15 is 0 Å². The van der Waals surface area contributed by atoms with Gasteiger partial charge < -0.3 is 0 Å². The van der Waals surface area contributed by atoms with Crippen LogP contribution in [-0.4, -0.2) is 0 Å². The highest BCUT2D eigenvalue weighted by atomic mass is 14.3. The van der Waals surface area contributed by atoms with Gasteiger partial charge in [-0.3, -0.25) is 0 Å². The third-order valence-electron chi connectivity index (χ3n) is 5.85. The average Bonchev–Trinajstić information content (AvgIpc) is 2.31. The third kappa shape index (κ3) is 8.89. The Balaban J connectivity index is 4.32. The van der Waals surface area contributed by atoms with Crippen molar-refractivity contribution >= 4 is 0 Å². The summed E-state index contributed by atoms with van der Waals surface area (Å²) in [6, 6.07) is 0. The highest BCUT2D eigenvalue weighted by molar-refractivity contribution is 4.78. The van der Waals surface area contributed by atoms with Crippen LogP contribution < -0.4 is 0 Å². The summed E-state index contributed by atoms with van der Waals surface area (Å²) in [5, 5.41) is 0. The highest BCUT2D eigenvalue weighted by Gasteiger charge is 2.27. The first-order chi connectivity index (χ1) is 9.46. The quantitative estimate of drug-likeness (QED) is 0.393. The van der Waals surface area contributed by atoms with Crippen molar-refractivity contribution in [1.29, 1.82) is 0 Å². The maximum absolute atomic E-state index is 2.49. The molecular formula is C21H44. The summed E-state index contributed by atoms with van der Waals surface area (Å²) in [6.45, 7) is 24.2. The van der Waals surface area contributed by atoms with Gasteiger partial charge in [-0.1, -0.05) is 82.1 Å². The molecule has 0 fully saturated rings. The van der Waals surface area contributed by atoms with Crippen molar-refractivity contribution in [3.63, 3.8) is 0 Å². The predicted octanol–water partition coefficient (Wildman–Crippen LogP) is 7.43. The number of rotatable bonds is 10. The molecule has 0 aromatic carbocycles. The van der Waals surface area contributed by atoms with Gasteiger partial charge >= 0.3 is 0 Å². The Morgan fingerprint density at radius 2 is 1.10 bits per heavy atom. The molecule has 0 saturated heterocycles. The Hall–Kier alpha value is 0. The summed E-state index contributed by atoms with van der Waals surface area (Å²) in [6.07, 6.45) is 5.51. The smallest absolute Gasteiger partial charge is 0.0349 e. The molecule has 21 heavy (non-hydrogen) atoms. The molecule has 0 bridgehead atoms. The molecule has 0 aliphatic heterocycles. The van der Waals surface area contributed by atoms with Gasteiger partial charge in [-0.25, -0.2) is 0 Å². The SMILES string of the molecule is CC(C)CC(C)(C)CC(C)C(C)C(C)CCC(C)C(C)C. The summed E-state index contributed by atoms with van der Waals surface area (Å²) < 4.78 is 0. The van der Waals surface area contributed by atoms with E-state index in [0.29, 0.717) is 5.41 Å². The molecule has 0 aromatic heterocycles. The van der Waals surface area contributed by atoms with Crippen LogP contribution in [0.4, 0.5) is 0 Å². The second-order valence-electron chi connectivity index (χ2n) is 9.58. The lowest BCUT2D eigenvalue weighted by molar-refractivity contribution is 0.159. The summed E-state index contributed by atoms with van der Waals surface area (Å²) in [4.78, 5) is 0. The van der Waals surface area contributed by atoms with E-state index in [1.807, 2.05) is 0 Å². The van der Waals surface area contributed by atoms with Crippen molar-refractivity contribution in [3.8, 4) is 0 Å². The Morgan fingerprint density at radius 1 is 0.619 bits per heavy atom. The van der Waals surface area contributed by atoms with Gasteiger partial charge in [0.1, 0.15) is 0 Å². The Kier molecular flexibility index (Phi) is 9.21. The van der Waals surface area contributed by atoms with Crippen molar-refractivity contribution in [3.05, 3.63) is 0 Å². The largest absolute Gasteiger partial charge is 0.0628 e.